The van der Waals surface area contributed by atoms with E-state index in [2.05, 4.69) is 158 Å². The summed E-state index contributed by atoms with van der Waals surface area (Å²) in [7, 11) is 0. The first-order valence-corrected chi connectivity index (χ1v) is 15.3. The summed E-state index contributed by atoms with van der Waals surface area (Å²) in [6, 6.07) is 57.9. The van der Waals surface area contributed by atoms with Crippen LogP contribution in [0.1, 0.15) is 0 Å². The third-order valence-corrected chi connectivity index (χ3v) is 8.85. The zero-order valence-corrected chi connectivity index (χ0v) is 24.4. The van der Waals surface area contributed by atoms with Crippen LogP contribution in [0.25, 0.3) is 88.3 Å². The van der Waals surface area contributed by atoms with E-state index in [1.54, 1.807) is 0 Å². The van der Waals surface area contributed by atoms with Gasteiger partial charge >= 0.3 is 0 Å². The number of pyridine rings is 1. The van der Waals surface area contributed by atoms with E-state index >= 15 is 0 Å². The van der Waals surface area contributed by atoms with Crippen LogP contribution >= 0.6 is 0 Å². The molecule has 45 heavy (non-hydrogen) atoms. The van der Waals surface area contributed by atoms with Gasteiger partial charge in [-0.25, -0.2) is 4.98 Å². The molecular weight excluding hydrogens is 546 g/mol. The summed E-state index contributed by atoms with van der Waals surface area (Å²) in [6.07, 6.45) is 0. The van der Waals surface area contributed by atoms with Gasteiger partial charge in [0.25, 0.3) is 0 Å². The molecule has 0 amide bonds. The molecular formula is C43H27NO. The molecule has 0 fully saturated rings. The number of hydrogen-bond donors (Lipinski definition) is 0. The van der Waals surface area contributed by atoms with E-state index in [4.69, 9.17) is 9.40 Å². The number of aromatic nitrogens is 1. The lowest BCUT2D eigenvalue weighted by atomic mass is 9.92. The quantitative estimate of drug-likeness (QED) is 0.196. The maximum Gasteiger partial charge on any atom is 0.136 e. The molecule has 0 N–H and O–H groups in total. The van der Waals surface area contributed by atoms with Gasteiger partial charge in [-0.3, -0.25) is 0 Å². The molecule has 2 heterocycles. The predicted octanol–water partition coefficient (Wildman–Crippen LogP) is 12.0. The van der Waals surface area contributed by atoms with Gasteiger partial charge in [0, 0.05) is 21.9 Å². The van der Waals surface area contributed by atoms with Crippen molar-refractivity contribution in [3.63, 3.8) is 0 Å². The minimum atomic E-state index is 0.858. The van der Waals surface area contributed by atoms with Gasteiger partial charge in [0.15, 0.2) is 0 Å². The smallest absolute Gasteiger partial charge is 0.136 e. The number of fused-ring (bicyclic) bond motifs is 6. The monoisotopic (exact) mass is 573 g/mol. The van der Waals surface area contributed by atoms with Crippen molar-refractivity contribution < 1.29 is 4.42 Å². The number of benzene rings is 7. The van der Waals surface area contributed by atoms with Crippen molar-refractivity contribution in [2.45, 2.75) is 0 Å². The minimum absolute atomic E-state index is 0.858. The first kappa shape index (κ1) is 25.5. The van der Waals surface area contributed by atoms with Crippen molar-refractivity contribution in [3.05, 3.63) is 164 Å². The number of nitrogens with zero attached hydrogens (tertiary/aromatic N) is 1. The van der Waals surface area contributed by atoms with E-state index in [9.17, 15) is 0 Å². The maximum atomic E-state index is 6.47. The van der Waals surface area contributed by atoms with Crippen LogP contribution in [0.4, 0.5) is 0 Å². The lowest BCUT2D eigenvalue weighted by Crippen LogP contribution is -1.91. The second-order valence-corrected chi connectivity index (χ2v) is 11.5. The van der Waals surface area contributed by atoms with Crippen LogP contribution in [0.3, 0.4) is 0 Å². The molecule has 9 aromatic rings. The van der Waals surface area contributed by atoms with E-state index in [0.29, 0.717) is 0 Å². The van der Waals surface area contributed by atoms with E-state index in [-0.39, 0.29) is 0 Å². The fourth-order valence-electron chi connectivity index (χ4n) is 6.73. The maximum absolute atomic E-state index is 6.47. The number of hydrogen-bond acceptors (Lipinski definition) is 2. The molecule has 0 saturated heterocycles. The van der Waals surface area contributed by atoms with Crippen molar-refractivity contribution in [1.29, 1.82) is 0 Å². The molecule has 2 aromatic heterocycles. The van der Waals surface area contributed by atoms with E-state index in [0.717, 1.165) is 61.1 Å². The summed E-state index contributed by atoms with van der Waals surface area (Å²) in [5, 5.41) is 7.18. The summed E-state index contributed by atoms with van der Waals surface area (Å²) in [6.45, 7) is 0. The van der Waals surface area contributed by atoms with Crippen molar-refractivity contribution in [1.82, 2.24) is 4.98 Å². The Bertz CT molecular complexity index is 2470. The molecule has 0 unspecified atom stereocenters. The van der Waals surface area contributed by atoms with Gasteiger partial charge < -0.3 is 4.42 Å². The van der Waals surface area contributed by atoms with Gasteiger partial charge in [-0.05, 0) is 74.1 Å². The van der Waals surface area contributed by atoms with Crippen molar-refractivity contribution in [3.8, 4) is 44.8 Å². The van der Waals surface area contributed by atoms with Crippen molar-refractivity contribution >= 4 is 43.5 Å². The van der Waals surface area contributed by atoms with E-state index in [1.807, 2.05) is 6.07 Å². The first-order chi connectivity index (χ1) is 22.3. The average molecular weight is 574 g/mol. The van der Waals surface area contributed by atoms with Gasteiger partial charge in [0.1, 0.15) is 11.2 Å². The first-order valence-electron chi connectivity index (χ1n) is 15.3. The molecule has 0 aliphatic carbocycles. The Labute approximate surface area is 260 Å². The lowest BCUT2D eigenvalue weighted by Gasteiger charge is -2.12. The zero-order chi connectivity index (χ0) is 29.7. The molecule has 0 spiro atoms. The lowest BCUT2D eigenvalue weighted by molar-refractivity contribution is 0.669. The predicted molar refractivity (Wildman–Crippen MR) is 188 cm³/mol. The highest BCUT2D eigenvalue weighted by Gasteiger charge is 2.17. The summed E-state index contributed by atoms with van der Waals surface area (Å²) in [5.74, 6) is 0. The fraction of sp³-hybridized carbons (Fsp3) is 0. The minimum Gasteiger partial charge on any atom is -0.456 e. The molecule has 0 bridgehead atoms. The Morgan fingerprint density at radius 2 is 1.04 bits per heavy atom. The van der Waals surface area contributed by atoms with Crippen molar-refractivity contribution in [2.75, 3.05) is 0 Å². The normalized spacial score (nSPS) is 11.6. The largest absolute Gasteiger partial charge is 0.456 e. The molecule has 0 aliphatic rings. The summed E-state index contributed by atoms with van der Waals surface area (Å²) in [5.41, 5.74) is 10.4. The molecule has 9 rings (SSSR count). The summed E-state index contributed by atoms with van der Waals surface area (Å²) >= 11 is 0. The highest BCUT2D eigenvalue weighted by atomic mass is 16.3. The number of rotatable bonds is 4. The molecule has 2 heteroatoms. The molecule has 0 aliphatic heterocycles. The molecule has 7 aromatic carbocycles. The SMILES string of the molecule is c1ccc(-c2cc(-c3ccccc3)nc(-c3cccc4oc5ccc(-c6cccc7ccc8ccccc8c67)cc5c34)c2)cc1. The Morgan fingerprint density at radius 3 is 1.91 bits per heavy atom. The van der Waals surface area contributed by atoms with Crippen LogP contribution in [0, 0.1) is 0 Å². The Hall–Kier alpha value is -5.99. The van der Waals surface area contributed by atoms with Crippen LogP contribution in [-0.4, -0.2) is 4.98 Å². The molecule has 210 valence electrons. The van der Waals surface area contributed by atoms with Gasteiger partial charge in [0.2, 0.25) is 0 Å². The topological polar surface area (TPSA) is 26.0 Å². The molecule has 0 radical (unpaired) electrons. The second-order valence-electron chi connectivity index (χ2n) is 11.5. The highest BCUT2D eigenvalue weighted by Crippen LogP contribution is 2.41. The molecule has 2 nitrogen and oxygen atoms in total. The van der Waals surface area contributed by atoms with Gasteiger partial charge in [-0.2, -0.15) is 0 Å². The van der Waals surface area contributed by atoms with Gasteiger partial charge in [0.05, 0.1) is 11.4 Å². The standard InChI is InChI=1S/C43H27NO/c1-3-11-28(12-4-1)33-26-38(30-14-5-2-6-15-30)44-39(27-33)36-19-10-20-41-43(36)37-25-32(23-24-40(37)45-41)35-18-9-16-31-22-21-29-13-7-8-17-34(29)42(31)35/h1-27H. The van der Waals surface area contributed by atoms with Gasteiger partial charge in [-0.15, -0.1) is 0 Å². The van der Waals surface area contributed by atoms with E-state index < -0.39 is 0 Å². The second kappa shape index (κ2) is 10.3. The fourth-order valence-corrected chi connectivity index (χ4v) is 6.73. The highest BCUT2D eigenvalue weighted by molar-refractivity contribution is 6.17. The van der Waals surface area contributed by atoms with Crippen LogP contribution in [-0.2, 0) is 0 Å². The van der Waals surface area contributed by atoms with Crippen molar-refractivity contribution in [2.24, 2.45) is 0 Å². The van der Waals surface area contributed by atoms with Crippen LogP contribution in [0.2, 0.25) is 0 Å². The third-order valence-electron chi connectivity index (χ3n) is 8.85. The summed E-state index contributed by atoms with van der Waals surface area (Å²) < 4.78 is 6.47. The molecule has 0 saturated carbocycles. The zero-order valence-electron chi connectivity index (χ0n) is 24.4. The average Bonchev–Trinajstić information content (AvgIpc) is 3.50. The van der Waals surface area contributed by atoms with Gasteiger partial charge in [-0.1, -0.05) is 133 Å². The van der Waals surface area contributed by atoms with Crippen LogP contribution in [0.15, 0.2) is 168 Å². The Morgan fingerprint density at radius 1 is 0.356 bits per heavy atom. The van der Waals surface area contributed by atoms with E-state index in [1.165, 1.54) is 27.1 Å². The van der Waals surface area contributed by atoms with Crippen LogP contribution < -0.4 is 0 Å². The third kappa shape index (κ3) is 4.30. The number of furan rings is 1. The van der Waals surface area contributed by atoms with Crippen LogP contribution in [0.5, 0.6) is 0 Å². The Kier molecular flexibility index (Phi) is 5.85. The Balaban J connectivity index is 1.30. The summed E-state index contributed by atoms with van der Waals surface area (Å²) in [4.78, 5) is 5.25. The molecule has 0 atom stereocenters.